The van der Waals surface area contributed by atoms with Crippen molar-refractivity contribution in [3.63, 3.8) is 0 Å². The molecule has 0 spiro atoms. The molecule has 3 atom stereocenters. The van der Waals surface area contributed by atoms with Crippen LogP contribution in [0, 0.1) is 25.7 Å². The summed E-state index contributed by atoms with van der Waals surface area (Å²) in [6, 6.07) is 0.395. The number of thiazole rings is 1. The van der Waals surface area contributed by atoms with E-state index >= 15 is 0 Å². The summed E-state index contributed by atoms with van der Waals surface area (Å²) in [5.74, 6) is 7.39. The summed E-state index contributed by atoms with van der Waals surface area (Å²) in [5, 5.41) is 1.23. The van der Waals surface area contributed by atoms with Crippen LogP contribution in [-0.4, -0.2) is 11.0 Å². The summed E-state index contributed by atoms with van der Waals surface area (Å²) in [5.41, 5.74) is 4.20. The Labute approximate surface area is 114 Å². The van der Waals surface area contributed by atoms with Crippen molar-refractivity contribution in [3.8, 4) is 0 Å². The molecule has 2 rings (SSSR count). The third-order valence-corrected chi connectivity index (χ3v) is 5.50. The summed E-state index contributed by atoms with van der Waals surface area (Å²) in [4.78, 5) is 5.96. The van der Waals surface area contributed by atoms with Crippen LogP contribution in [0.4, 0.5) is 0 Å². The van der Waals surface area contributed by atoms with E-state index in [0.717, 1.165) is 18.3 Å². The van der Waals surface area contributed by atoms with Gasteiger partial charge in [-0.3, -0.25) is 11.3 Å². The van der Waals surface area contributed by atoms with Crippen LogP contribution < -0.4 is 11.3 Å². The van der Waals surface area contributed by atoms with Crippen molar-refractivity contribution in [2.45, 2.75) is 58.9 Å². The van der Waals surface area contributed by atoms with E-state index in [1.807, 2.05) is 11.3 Å². The summed E-state index contributed by atoms with van der Waals surface area (Å²) in [6.45, 7) is 6.53. The molecule has 18 heavy (non-hydrogen) atoms. The van der Waals surface area contributed by atoms with Crippen LogP contribution >= 0.6 is 11.3 Å². The van der Waals surface area contributed by atoms with E-state index in [1.165, 1.54) is 41.3 Å². The predicted molar refractivity (Wildman–Crippen MR) is 77.5 cm³/mol. The second-order valence-corrected chi connectivity index (χ2v) is 6.86. The van der Waals surface area contributed by atoms with Gasteiger partial charge in [0.25, 0.3) is 0 Å². The van der Waals surface area contributed by atoms with Crippen molar-refractivity contribution in [1.82, 2.24) is 10.4 Å². The maximum atomic E-state index is 5.76. The molecule has 1 heterocycles. The number of aryl methyl sites for hydroxylation is 2. The topological polar surface area (TPSA) is 50.9 Å². The van der Waals surface area contributed by atoms with Gasteiger partial charge in [0, 0.05) is 17.3 Å². The molecule has 1 aliphatic rings. The minimum Gasteiger partial charge on any atom is -0.271 e. The molecule has 1 fully saturated rings. The second-order valence-electron chi connectivity index (χ2n) is 5.57. The van der Waals surface area contributed by atoms with E-state index in [2.05, 4.69) is 31.2 Å². The van der Waals surface area contributed by atoms with Crippen molar-refractivity contribution >= 4 is 11.3 Å². The molecular weight excluding hydrogens is 242 g/mol. The lowest BCUT2D eigenvalue weighted by Crippen LogP contribution is -2.41. The number of aromatic nitrogens is 1. The first-order valence-corrected chi connectivity index (χ1v) is 7.84. The van der Waals surface area contributed by atoms with Gasteiger partial charge >= 0.3 is 0 Å². The largest absolute Gasteiger partial charge is 0.271 e. The average molecular weight is 267 g/mol. The van der Waals surface area contributed by atoms with Gasteiger partial charge in [-0.2, -0.15) is 0 Å². The standard InChI is InChI=1S/C14H25N3S/c1-4-11-5-6-12(7-11)13(17-15)8-14-16-9(2)10(3)18-14/h11-13,17H,4-8,15H2,1-3H3. The minimum atomic E-state index is 0.395. The fourth-order valence-electron chi connectivity index (χ4n) is 3.03. The van der Waals surface area contributed by atoms with E-state index in [4.69, 9.17) is 5.84 Å². The van der Waals surface area contributed by atoms with Crippen LogP contribution in [-0.2, 0) is 6.42 Å². The summed E-state index contributed by atoms with van der Waals surface area (Å²) >= 11 is 1.82. The molecule has 0 aliphatic heterocycles. The summed E-state index contributed by atoms with van der Waals surface area (Å²) < 4.78 is 0. The number of hydrazine groups is 1. The zero-order chi connectivity index (χ0) is 13.1. The number of nitrogens with zero attached hydrogens (tertiary/aromatic N) is 1. The molecule has 1 aromatic heterocycles. The Hall–Kier alpha value is -0.450. The van der Waals surface area contributed by atoms with E-state index in [-0.39, 0.29) is 0 Å². The first-order valence-electron chi connectivity index (χ1n) is 7.03. The van der Waals surface area contributed by atoms with Gasteiger partial charge in [0.2, 0.25) is 0 Å². The minimum absolute atomic E-state index is 0.395. The van der Waals surface area contributed by atoms with Gasteiger partial charge in [-0.15, -0.1) is 11.3 Å². The Bertz CT molecular complexity index is 369. The Morgan fingerprint density at radius 1 is 1.44 bits per heavy atom. The van der Waals surface area contributed by atoms with Crippen molar-refractivity contribution in [2.75, 3.05) is 0 Å². The molecule has 0 saturated heterocycles. The Morgan fingerprint density at radius 2 is 2.22 bits per heavy atom. The van der Waals surface area contributed by atoms with Crippen molar-refractivity contribution < 1.29 is 0 Å². The highest BCUT2D eigenvalue weighted by atomic mass is 32.1. The van der Waals surface area contributed by atoms with Crippen LogP contribution in [0.15, 0.2) is 0 Å². The molecule has 3 N–H and O–H groups in total. The molecule has 3 nitrogen and oxygen atoms in total. The fraction of sp³-hybridized carbons (Fsp3) is 0.786. The fourth-order valence-corrected chi connectivity index (χ4v) is 4.02. The molecule has 1 aliphatic carbocycles. The van der Waals surface area contributed by atoms with Crippen LogP contribution in [0.25, 0.3) is 0 Å². The lowest BCUT2D eigenvalue weighted by molar-refractivity contribution is 0.347. The van der Waals surface area contributed by atoms with Crippen LogP contribution in [0.1, 0.15) is 48.2 Å². The predicted octanol–water partition coefficient (Wildman–Crippen LogP) is 2.96. The van der Waals surface area contributed by atoms with Crippen molar-refractivity contribution in [1.29, 1.82) is 0 Å². The van der Waals surface area contributed by atoms with Gasteiger partial charge in [0.1, 0.15) is 0 Å². The van der Waals surface area contributed by atoms with E-state index in [1.54, 1.807) is 0 Å². The molecule has 0 radical (unpaired) electrons. The number of hydrogen-bond acceptors (Lipinski definition) is 4. The normalized spacial score (nSPS) is 25.6. The van der Waals surface area contributed by atoms with E-state index in [9.17, 15) is 0 Å². The van der Waals surface area contributed by atoms with Gasteiger partial charge in [-0.25, -0.2) is 4.98 Å². The third-order valence-electron chi connectivity index (χ3n) is 4.41. The van der Waals surface area contributed by atoms with Gasteiger partial charge in [-0.05, 0) is 38.5 Å². The zero-order valence-electron chi connectivity index (χ0n) is 11.7. The SMILES string of the molecule is CCC1CCC(C(Cc2nc(C)c(C)s2)NN)C1. The number of nitrogens with two attached hydrogens (primary N) is 1. The molecule has 0 amide bonds. The molecule has 0 aromatic carbocycles. The molecule has 1 aromatic rings. The van der Waals surface area contributed by atoms with E-state index < -0.39 is 0 Å². The molecule has 3 unspecified atom stereocenters. The molecule has 1 saturated carbocycles. The maximum Gasteiger partial charge on any atom is 0.0947 e. The van der Waals surface area contributed by atoms with Crippen LogP contribution in [0.5, 0.6) is 0 Å². The third kappa shape index (κ3) is 3.11. The Balaban J connectivity index is 1.97. The molecule has 0 bridgehead atoms. The van der Waals surface area contributed by atoms with Gasteiger partial charge < -0.3 is 0 Å². The van der Waals surface area contributed by atoms with Gasteiger partial charge in [0.15, 0.2) is 0 Å². The maximum absolute atomic E-state index is 5.76. The summed E-state index contributed by atoms with van der Waals surface area (Å²) in [7, 11) is 0. The molecular formula is C14H25N3S. The first kappa shape index (κ1) is 14.0. The van der Waals surface area contributed by atoms with E-state index in [0.29, 0.717) is 6.04 Å². The van der Waals surface area contributed by atoms with Crippen molar-refractivity contribution in [2.24, 2.45) is 17.7 Å². The van der Waals surface area contributed by atoms with Crippen LogP contribution in [0.3, 0.4) is 0 Å². The first-order chi connectivity index (χ1) is 8.63. The van der Waals surface area contributed by atoms with Crippen LogP contribution in [0.2, 0.25) is 0 Å². The number of hydrogen-bond donors (Lipinski definition) is 2. The smallest absolute Gasteiger partial charge is 0.0947 e. The van der Waals surface area contributed by atoms with Crippen molar-refractivity contribution in [3.05, 3.63) is 15.6 Å². The lowest BCUT2D eigenvalue weighted by atomic mass is 9.94. The summed E-state index contributed by atoms with van der Waals surface area (Å²) in [6.07, 6.45) is 6.31. The zero-order valence-corrected chi connectivity index (χ0v) is 12.5. The van der Waals surface area contributed by atoms with Gasteiger partial charge in [-0.1, -0.05) is 19.8 Å². The highest BCUT2D eigenvalue weighted by Gasteiger charge is 2.30. The highest BCUT2D eigenvalue weighted by Crippen LogP contribution is 2.35. The Morgan fingerprint density at radius 3 is 2.72 bits per heavy atom. The highest BCUT2D eigenvalue weighted by molar-refractivity contribution is 7.11. The van der Waals surface area contributed by atoms with Gasteiger partial charge in [0.05, 0.1) is 10.7 Å². The Kier molecular flexibility index (Phi) is 4.76. The average Bonchev–Trinajstić information content (AvgIpc) is 2.94. The monoisotopic (exact) mass is 267 g/mol. The number of rotatable bonds is 5. The molecule has 4 heteroatoms. The molecule has 102 valence electrons. The number of nitrogens with one attached hydrogen (secondary N) is 1. The lowest BCUT2D eigenvalue weighted by Gasteiger charge is -2.22. The quantitative estimate of drug-likeness (QED) is 0.637. The second kappa shape index (κ2) is 6.13.